The van der Waals surface area contributed by atoms with E-state index in [-0.39, 0.29) is 12.0 Å². The van der Waals surface area contributed by atoms with Crippen LogP contribution in [-0.2, 0) is 16.1 Å². The Bertz CT molecular complexity index is 447. The minimum atomic E-state index is -0.391. The van der Waals surface area contributed by atoms with Gasteiger partial charge in [0.15, 0.2) is 0 Å². The molecule has 2 rings (SSSR count). The van der Waals surface area contributed by atoms with E-state index in [1.165, 1.54) is 11.1 Å². The van der Waals surface area contributed by atoms with E-state index in [0.29, 0.717) is 0 Å². The van der Waals surface area contributed by atoms with Crippen LogP contribution in [0.2, 0.25) is 0 Å². The van der Waals surface area contributed by atoms with Gasteiger partial charge in [-0.3, -0.25) is 15.1 Å². The fraction of sp³-hybridized carbons (Fsp3) is 0.533. The highest BCUT2D eigenvalue weighted by Gasteiger charge is 2.30. The number of hydrogen-bond donors (Lipinski definition) is 2. The zero-order valence-electron chi connectivity index (χ0n) is 12.1. The SMILES string of the molecule is Cc1ccc(CN(C)CC2CCC(C(=O)NN)O2)cc1. The second kappa shape index (κ2) is 6.83. The number of carbonyl (C=O) groups excluding carboxylic acids is 1. The van der Waals surface area contributed by atoms with Crippen molar-refractivity contribution in [1.82, 2.24) is 10.3 Å². The summed E-state index contributed by atoms with van der Waals surface area (Å²) in [4.78, 5) is 13.6. The Morgan fingerprint density at radius 1 is 1.40 bits per heavy atom. The minimum absolute atomic E-state index is 0.104. The molecule has 5 nitrogen and oxygen atoms in total. The van der Waals surface area contributed by atoms with Crippen molar-refractivity contribution in [2.75, 3.05) is 13.6 Å². The third kappa shape index (κ3) is 4.03. The topological polar surface area (TPSA) is 67.6 Å². The molecule has 0 aromatic heterocycles. The van der Waals surface area contributed by atoms with Gasteiger partial charge >= 0.3 is 0 Å². The smallest absolute Gasteiger partial charge is 0.263 e. The third-order valence-electron chi connectivity index (χ3n) is 3.63. The lowest BCUT2D eigenvalue weighted by Crippen LogP contribution is -2.39. The fourth-order valence-corrected chi connectivity index (χ4v) is 2.54. The maximum atomic E-state index is 11.4. The first-order valence-electron chi connectivity index (χ1n) is 6.98. The van der Waals surface area contributed by atoms with Crippen LogP contribution in [0.15, 0.2) is 24.3 Å². The second-order valence-electron chi connectivity index (χ2n) is 5.52. The summed E-state index contributed by atoms with van der Waals surface area (Å²) in [7, 11) is 2.07. The summed E-state index contributed by atoms with van der Waals surface area (Å²) in [6, 6.07) is 8.53. The van der Waals surface area contributed by atoms with Crippen molar-refractivity contribution >= 4 is 5.91 Å². The van der Waals surface area contributed by atoms with E-state index in [0.717, 1.165) is 25.9 Å². The molecule has 5 heteroatoms. The number of carbonyl (C=O) groups is 1. The Morgan fingerprint density at radius 2 is 2.10 bits per heavy atom. The van der Waals surface area contributed by atoms with Crippen LogP contribution in [0.3, 0.4) is 0 Å². The van der Waals surface area contributed by atoms with Gasteiger partial charge in [-0.2, -0.15) is 0 Å². The molecule has 3 N–H and O–H groups in total. The average Bonchev–Trinajstić information content (AvgIpc) is 2.89. The summed E-state index contributed by atoms with van der Waals surface area (Å²) < 4.78 is 5.71. The monoisotopic (exact) mass is 277 g/mol. The largest absolute Gasteiger partial charge is 0.364 e. The molecule has 0 spiro atoms. The van der Waals surface area contributed by atoms with Gasteiger partial charge in [0.2, 0.25) is 0 Å². The molecule has 2 atom stereocenters. The highest BCUT2D eigenvalue weighted by atomic mass is 16.5. The summed E-state index contributed by atoms with van der Waals surface area (Å²) in [6.45, 7) is 3.79. The molecule has 1 amide bonds. The molecule has 1 fully saturated rings. The van der Waals surface area contributed by atoms with Crippen LogP contribution in [0.4, 0.5) is 0 Å². The molecule has 2 unspecified atom stereocenters. The molecule has 0 radical (unpaired) electrons. The van der Waals surface area contributed by atoms with Gasteiger partial charge in [0, 0.05) is 13.1 Å². The molecular weight excluding hydrogens is 254 g/mol. The van der Waals surface area contributed by atoms with Crippen LogP contribution in [0, 0.1) is 6.92 Å². The lowest BCUT2D eigenvalue weighted by atomic mass is 10.1. The van der Waals surface area contributed by atoms with Crippen LogP contribution >= 0.6 is 0 Å². The van der Waals surface area contributed by atoms with Crippen molar-refractivity contribution in [3.8, 4) is 0 Å². The van der Waals surface area contributed by atoms with Gasteiger partial charge in [-0.15, -0.1) is 0 Å². The van der Waals surface area contributed by atoms with Crippen LogP contribution in [0.25, 0.3) is 0 Å². The Balaban J connectivity index is 1.79. The van der Waals surface area contributed by atoms with Crippen LogP contribution in [-0.4, -0.2) is 36.6 Å². The standard InChI is InChI=1S/C15H23N3O2/c1-11-3-5-12(6-4-11)9-18(2)10-13-7-8-14(20-13)15(19)17-16/h3-6,13-14H,7-10,16H2,1-2H3,(H,17,19). The van der Waals surface area contributed by atoms with E-state index in [2.05, 4.69) is 48.6 Å². The number of benzene rings is 1. The number of amides is 1. The van der Waals surface area contributed by atoms with E-state index in [9.17, 15) is 4.79 Å². The summed E-state index contributed by atoms with van der Waals surface area (Å²) in [5.74, 6) is 4.89. The second-order valence-corrected chi connectivity index (χ2v) is 5.52. The Labute approximate surface area is 120 Å². The number of nitrogens with two attached hydrogens (primary N) is 1. The van der Waals surface area contributed by atoms with Gasteiger partial charge in [0.1, 0.15) is 6.10 Å². The molecular formula is C15H23N3O2. The fourth-order valence-electron chi connectivity index (χ4n) is 2.54. The maximum Gasteiger partial charge on any atom is 0.263 e. The van der Waals surface area contributed by atoms with Crippen LogP contribution < -0.4 is 11.3 Å². The van der Waals surface area contributed by atoms with E-state index in [1.807, 2.05) is 0 Å². The number of likely N-dealkylation sites (N-methyl/N-ethyl adjacent to an activating group) is 1. The molecule has 1 aromatic carbocycles. The quantitative estimate of drug-likeness (QED) is 0.478. The van der Waals surface area contributed by atoms with E-state index in [1.54, 1.807) is 0 Å². The van der Waals surface area contributed by atoms with Crippen LogP contribution in [0.5, 0.6) is 0 Å². The number of hydrogen-bond acceptors (Lipinski definition) is 4. The molecule has 20 heavy (non-hydrogen) atoms. The van der Waals surface area contributed by atoms with Crippen molar-refractivity contribution < 1.29 is 9.53 Å². The first-order valence-corrected chi connectivity index (χ1v) is 6.98. The average molecular weight is 277 g/mol. The number of ether oxygens (including phenoxy) is 1. The van der Waals surface area contributed by atoms with E-state index < -0.39 is 6.10 Å². The lowest BCUT2D eigenvalue weighted by molar-refractivity contribution is -0.132. The number of nitrogens with zero attached hydrogens (tertiary/aromatic N) is 1. The summed E-state index contributed by atoms with van der Waals surface area (Å²) >= 11 is 0. The van der Waals surface area contributed by atoms with Gasteiger partial charge in [0.25, 0.3) is 5.91 Å². The lowest BCUT2D eigenvalue weighted by Gasteiger charge is -2.21. The van der Waals surface area contributed by atoms with Gasteiger partial charge in [0.05, 0.1) is 6.10 Å². The summed E-state index contributed by atoms with van der Waals surface area (Å²) in [5.41, 5.74) is 4.70. The van der Waals surface area contributed by atoms with Gasteiger partial charge in [-0.1, -0.05) is 29.8 Å². The molecule has 1 aliphatic heterocycles. The zero-order chi connectivity index (χ0) is 14.5. The number of aryl methyl sites for hydroxylation is 1. The first kappa shape index (κ1) is 15.0. The molecule has 1 aliphatic rings. The van der Waals surface area contributed by atoms with Crippen molar-refractivity contribution in [1.29, 1.82) is 0 Å². The number of nitrogens with one attached hydrogen (secondary N) is 1. The predicted octanol–water partition coefficient (Wildman–Crippen LogP) is 0.964. The highest BCUT2D eigenvalue weighted by Crippen LogP contribution is 2.20. The molecule has 1 heterocycles. The van der Waals surface area contributed by atoms with Crippen molar-refractivity contribution in [3.05, 3.63) is 35.4 Å². The van der Waals surface area contributed by atoms with E-state index in [4.69, 9.17) is 10.6 Å². The molecule has 110 valence electrons. The summed E-state index contributed by atoms with van der Waals surface area (Å²) in [5, 5.41) is 0. The number of rotatable bonds is 5. The molecule has 1 saturated heterocycles. The van der Waals surface area contributed by atoms with Gasteiger partial charge < -0.3 is 4.74 Å². The Kier molecular flexibility index (Phi) is 5.11. The van der Waals surface area contributed by atoms with Gasteiger partial charge in [-0.25, -0.2) is 5.84 Å². The number of hydrazine groups is 1. The Hall–Kier alpha value is -1.43. The van der Waals surface area contributed by atoms with E-state index >= 15 is 0 Å². The van der Waals surface area contributed by atoms with Gasteiger partial charge in [-0.05, 0) is 32.4 Å². The third-order valence-corrected chi connectivity index (χ3v) is 3.63. The maximum absolute atomic E-state index is 11.4. The minimum Gasteiger partial charge on any atom is -0.364 e. The van der Waals surface area contributed by atoms with Crippen molar-refractivity contribution in [2.24, 2.45) is 5.84 Å². The molecule has 1 aromatic rings. The summed E-state index contributed by atoms with van der Waals surface area (Å²) in [6.07, 6.45) is 1.35. The first-order chi connectivity index (χ1) is 9.58. The molecule has 0 aliphatic carbocycles. The Morgan fingerprint density at radius 3 is 2.75 bits per heavy atom. The normalized spacial score (nSPS) is 22.2. The van der Waals surface area contributed by atoms with Crippen molar-refractivity contribution in [3.63, 3.8) is 0 Å². The molecule has 0 bridgehead atoms. The predicted molar refractivity (Wildman–Crippen MR) is 77.7 cm³/mol. The highest BCUT2D eigenvalue weighted by molar-refractivity contribution is 5.80. The molecule has 0 saturated carbocycles. The van der Waals surface area contributed by atoms with Crippen LogP contribution in [0.1, 0.15) is 24.0 Å². The van der Waals surface area contributed by atoms with Crippen molar-refractivity contribution in [2.45, 2.75) is 38.5 Å². The zero-order valence-corrected chi connectivity index (χ0v) is 12.1.